The molecule has 2 N–H and O–H groups in total. The fraction of sp³-hybridized carbons (Fsp3) is 1.00. The lowest BCUT2D eigenvalue weighted by molar-refractivity contribution is 0.0578. The average Bonchev–Trinajstić information content (AvgIpc) is 2.53. The van der Waals surface area contributed by atoms with Gasteiger partial charge in [0, 0.05) is 25.2 Å². The highest BCUT2D eigenvalue weighted by molar-refractivity contribution is 4.95. The second-order valence-corrected chi connectivity index (χ2v) is 5.57. The molecule has 0 aliphatic carbocycles. The van der Waals surface area contributed by atoms with Crippen LogP contribution in [0.5, 0.6) is 0 Å². The summed E-state index contributed by atoms with van der Waals surface area (Å²) in [5.41, 5.74) is 0. The molecule has 0 aromatic carbocycles. The molecule has 2 saturated heterocycles. The molecular weight excluding hydrogens is 216 g/mol. The molecule has 0 amide bonds. The van der Waals surface area contributed by atoms with Crippen molar-refractivity contribution in [3.63, 3.8) is 0 Å². The summed E-state index contributed by atoms with van der Waals surface area (Å²) in [7, 11) is 3.90. The standard InChI is InChI=1S/C13H26N2O2/c1-15-11-3-4-12(15)8-10(7-11)14-6-5-13(16)9-17-2/h10-14,16H,3-9H2,1-2H3. The van der Waals surface area contributed by atoms with Crippen molar-refractivity contribution in [3.8, 4) is 0 Å². The molecule has 2 heterocycles. The van der Waals surface area contributed by atoms with Crippen LogP contribution in [0.2, 0.25) is 0 Å². The fourth-order valence-corrected chi connectivity index (χ4v) is 3.31. The van der Waals surface area contributed by atoms with Crippen molar-refractivity contribution in [2.75, 3.05) is 27.3 Å². The van der Waals surface area contributed by atoms with E-state index in [4.69, 9.17) is 4.74 Å². The molecule has 100 valence electrons. The molecule has 3 atom stereocenters. The molecule has 2 bridgehead atoms. The number of hydrogen-bond donors (Lipinski definition) is 2. The van der Waals surface area contributed by atoms with Crippen molar-refractivity contribution < 1.29 is 9.84 Å². The number of aliphatic hydroxyl groups excluding tert-OH is 1. The second kappa shape index (κ2) is 6.14. The first kappa shape index (κ1) is 13.3. The van der Waals surface area contributed by atoms with Crippen molar-refractivity contribution in [2.24, 2.45) is 0 Å². The van der Waals surface area contributed by atoms with Crippen molar-refractivity contribution >= 4 is 0 Å². The van der Waals surface area contributed by atoms with Crippen LogP contribution < -0.4 is 5.32 Å². The topological polar surface area (TPSA) is 44.7 Å². The van der Waals surface area contributed by atoms with Crippen LogP contribution in [0.15, 0.2) is 0 Å². The number of piperidine rings is 1. The van der Waals surface area contributed by atoms with E-state index < -0.39 is 0 Å². The molecule has 3 unspecified atom stereocenters. The lowest BCUT2D eigenvalue weighted by Gasteiger charge is -2.36. The third kappa shape index (κ3) is 3.41. The predicted molar refractivity (Wildman–Crippen MR) is 68.1 cm³/mol. The van der Waals surface area contributed by atoms with E-state index in [1.165, 1.54) is 25.7 Å². The number of aliphatic hydroxyl groups is 1. The van der Waals surface area contributed by atoms with Crippen molar-refractivity contribution in [1.29, 1.82) is 0 Å². The van der Waals surface area contributed by atoms with Crippen LogP contribution in [0.1, 0.15) is 32.1 Å². The first-order valence-corrected chi connectivity index (χ1v) is 6.83. The maximum absolute atomic E-state index is 9.56. The number of nitrogens with one attached hydrogen (secondary N) is 1. The van der Waals surface area contributed by atoms with E-state index in [2.05, 4.69) is 17.3 Å². The lowest BCUT2D eigenvalue weighted by Crippen LogP contribution is -2.47. The molecule has 0 saturated carbocycles. The van der Waals surface area contributed by atoms with E-state index in [1.807, 2.05) is 0 Å². The van der Waals surface area contributed by atoms with Gasteiger partial charge in [0.15, 0.2) is 0 Å². The molecule has 2 rings (SSSR count). The van der Waals surface area contributed by atoms with E-state index in [0.717, 1.165) is 25.0 Å². The number of ether oxygens (including phenoxy) is 1. The summed E-state index contributed by atoms with van der Waals surface area (Å²) in [5, 5.41) is 13.2. The Balaban J connectivity index is 1.64. The Morgan fingerprint density at radius 1 is 1.35 bits per heavy atom. The Kier molecular flexibility index (Phi) is 4.79. The zero-order valence-electron chi connectivity index (χ0n) is 11.1. The maximum Gasteiger partial charge on any atom is 0.0785 e. The molecular formula is C13H26N2O2. The Morgan fingerprint density at radius 2 is 2.00 bits per heavy atom. The molecule has 0 spiro atoms. The quantitative estimate of drug-likeness (QED) is 0.716. The summed E-state index contributed by atoms with van der Waals surface area (Å²) in [6, 6.07) is 2.23. The Morgan fingerprint density at radius 3 is 2.59 bits per heavy atom. The van der Waals surface area contributed by atoms with E-state index in [0.29, 0.717) is 12.6 Å². The molecule has 0 aromatic rings. The summed E-state index contributed by atoms with van der Waals surface area (Å²) in [6.07, 6.45) is 5.74. The number of nitrogens with zero attached hydrogens (tertiary/aromatic N) is 1. The zero-order valence-corrected chi connectivity index (χ0v) is 11.1. The molecule has 0 radical (unpaired) electrons. The summed E-state index contributed by atoms with van der Waals surface area (Å²) >= 11 is 0. The van der Waals surface area contributed by atoms with Gasteiger partial charge in [-0.05, 0) is 45.7 Å². The van der Waals surface area contributed by atoms with Crippen LogP contribution >= 0.6 is 0 Å². The minimum Gasteiger partial charge on any atom is -0.391 e. The molecule has 0 aromatic heterocycles. The molecule has 2 aliphatic rings. The van der Waals surface area contributed by atoms with Gasteiger partial charge in [-0.1, -0.05) is 0 Å². The monoisotopic (exact) mass is 242 g/mol. The van der Waals surface area contributed by atoms with Gasteiger partial charge in [0.2, 0.25) is 0 Å². The van der Waals surface area contributed by atoms with E-state index in [1.54, 1.807) is 7.11 Å². The van der Waals surface area contributed by atoms with Crippen LogP contribution in [-0.2, 0) is 4.74 Å². The highest BCUT2D eigenvalue weighted by Crippen LogP contribution is 2.34. The number of rotatable bonds is 6. The third-order valence-electron chi connectivity index (χ3n) is 4.37. The van der Waals surface area contributed by atoms with Crippen molar-refractivity contribution in [2.45, 2.75) is 56.3 Å². The first-order chi connectivity index (χ1) is 8.20. The highest BCUT2D eigenvalue weighted by Gasteiger charge is 2.37. The predicted octanol–water partition coefficient (Wildman–Crippen LogP) is 0.599. The van der Waals surface area contributed by atoms with Crippen LogP contribution in [0.25, 0.3) is 0 Å². The van der Waals surface area contributed by atoms with Crippen molar-refractivity contribution in [3.05, 3.63) is 0 Å². The first-order valence-electron chi connectivity index (χ1n) is 6.83. The minimum atomic E-state index is -0.324. The van der Waals surface area contributed by atoms with Crippen LogP contribution in [0, 0.1) is 0 Å². The fourth-order valence-electron chi connectivity index (χ4n) is 3.31. The Bertz CT molecular complexity index is 223. The van der Waals surface area contributed by atoms with Gasteiger partial charge in [0.05, 0.1) is 12.7 Å². The summed E-state index contributed by atoms with van der Waals surface area (Å²) in [6.45, 7) is 1.35. The minimum absolute atomic E-state index is 0.324. The van der Waals surface area contributed by atoms with Gasteiger partial charge in [-0.2, -0.15) is 0 Å². The average molecular weight is 242 g/mol. The number of fused-ring (bicyclic) bond motifs is 2. The largest absolute Gasteiger partial charge is 0.391 e. The lowest BCUT2D eigenvalue weighted by atomic mass is 9.98. The summed E-state index contributed by atoms with van der Waals surface area (Å²) in [5.74, 6) is 0. The molecule has 4 nitrogen and oxygen atoms in total. The van der Waals surface area contributed by atoms with E-state index >= 15 is 0 Å². The second-order valence-electron chi connectivity index (χ2n) is 5.57. The van der Waals surface area contributed by atoms with Crippen LogP contribution in [0.3, 0.4) is 0 Å². The van der Waals surface area contributed by atoms with Crippen LogP contribution in [-0.4, -0.2) is 61.5 Å². The Labute approximate surface area is 104 Å². The van der Waals surface area contributed by atoms with E-state index in [9.17, 15) is 5.11 Å². The van der Waals surface area contributed by atoms with Gasteiger partial charge < -0.3 is 20.1 Å². The van der Waals surface area contributed by atoms with Gasteiger partial charge >= 0.3 is 0 Å². The molecule has 4 heteroatoms. The third-order valence-corrected chi connectivity index (χ3v) is 4.37. The van der Waals surface area contributed by atoms with Gasteiger partial charge in [0.1, 0.15) is 0 Å². The smallest absolute Gasteiger partial charge is 0.0785 e. The Hall–Kier alpha value is -0.160. The van der Waals surface area contributed by atoms with Gasteiger partial charge in [-0.15, -0.1) is 0 Å². The molecule has 2 aliphatic heterocycles. The van der Waals surface area contributed by atoms with Gasteiger partial charge in [-0.3, -0.25) is 0 Å². The number of methoxy groups -OCH3 is 1. The van der Waals surface area contributed by atoms with E-state index in [-0.39, 0.29) is 6.10 Å². The maximum atomic E-state index is 9.56. The molecule has 2 fully saturated rings. The SMILES string of the molecule is COCC(O)CCNC1CC2CCC(C1)N2C. The van der Waals surface area contributed by atoms with Crippen LogP contribution in [0.4, 0.5) is 0 Å². The van der Waals surface area contributed by atoms with Gasteiger partial charge in [-0.25, -0.2) is 0 Å². The molecule has 17 heavy (non-hydrogen) atoms. The normalized spacial score (nSPS) is 35.1. The summed E-state index contributed by atoms with van der Waals surface area (Å²) < 4.78 is 4.92. The van der Waals surface area contributed by atoms with Gasteiger partial charge in [0.25, 0.3) is 0 Å². The van der Waals surface area contributed by atoms with Crippen molar-refractivity contribution in [1.82, 2.24) is 10.2 Å². The highest BCUT2D eigenvalue weighted by atomic mass is 16.5. The number of hydrogen-bond acceptors (Lipinski definition) is 4. The summed E-state index contributed by atoms with van der Waals surface area (Å²) in [4.78, 5) is 2.55. The zero-order chi connectivity index (χ0) is 12.3.